The van der Waals surface area contributed by atoms with Gasteiger partial charge in [0.25, 0.3) is 0 Å². The van der Waals surface area contributed by atoms with E-state index < -0.39 is 17.8 Å². The maximum atomic E-state index is 11.9. The lowest BCUT2D eigenvalue weighted by Crippen LogP contribution is -2.32. The van der Waals surface area contributed by atoms with Crippen molar-refractivity contribution < 1.29 is 19.1 Å². The van der Waals surface area contributed by atoms with E-state index in [1.54, 1.807) is 0 Å². The molecule has 0 heterocycles. The Morgan fingerprint density at radius 1 is 0.963 bits per heavy atom. The van der Waals surface area contributed by atoms with E-state index in [0.717, 1.165) is 5.56 Å². The third kappa shape index (κ3) is 5.78. The molecular weight excluding hydrogens is 346 g/mol. The summed E-state index contributed by atoms with van der Waals surface area (Å²) in [5, 5.41) is 6.20. The molecule has 2 aromatic rings. The molecule has 0 bridgehead atoms. The first-order valence-electron chi connectivity index (χ1n) is 8.33. The zero-order valence-corrected chi connectivity index (χ0v) is 15.4. The van der Waals surface area contributed by atoms with Crippen molar-refractivity contribution in [1.82, 2.24) is 5.43 Å². The maximum Gasteiger partial charge on any atom is 0.337 e. The van der Waals surface area contributed by atoms with Crippen LogP contribution >= 0.6 is 0 Å². The normalized spacial score (nSPS) is 10.7. The maximum absolute atomic E-state index is 11.9. The summed E-state index contributed by atoms with van der Waals surface area (Å²) in [5.41, 5.74) is 4.89. The summed E-state index contributed by atoms with van der Waals surface area (Å²) in [6, 6.07) is 13.7. The highest BCUT2D eigenvalue weighted by molar-refractivity contribution is 6.39. The smallest absolute Gasteiger partial charge is 0.337 e. The largest absolute Gasteiger partial charge is 0.465 e. The van der Waals surface area contributed by atoms with Crippen LogP contribution in [0.1, 0.15) is 41.3 Å². The molecule has 0 radical (unpaired) electrons. The SMILES string of the molecule is COC(=O)c1ccc(NC(=O)C(=O)N/N=C\c2ccc(C(C)C)cc2)cc1. The molecule has 0 saturated carbocycles. The summed E-state index contributed by atoms with van der Waals surface area (Å²) in [5.74, 6) is -1.82. The fourth-order valence-corrected chi connectivity index (χ4v) is 2.18. The molecule has 7 heteroatoms. The number of esters is 1. The summed E-state index contributed by atoms with van der Waals surface area (Å²) in [6.45, 7) is 4.20. The van der Waals surface area contributed by atoms with E-state index >= 15 is 0 Å². The molecule has 0 atom stereocenters. The van der Waals surface area contributed by atoms with Crippen LogP contribution in [-0.4, -0.2) is 31.1 Å². The second-order valence-electron chi connectivity index (χ2n) is 6.04. The van der Waals surface area contributed by atoms with Crippen molar-refractivity contribution in [1.29, 1.82) is 0 Å². The fraction of sp³-hybridized carbons (Fsp3) is 0.200. The standard InChI is InChI=1S/C20H21N3O4/c1-13(2)15-6-4-14(5-7-15)12-21-23-19(25)18(24)22-17-10-8-16(9-11-17)20(26)27-3/h4-13H,1-3H3,(H,22,24)(H,23,25)/b21-12-. The van der Waals surface area contributed by atoms with E-state index in [1.807, 2.05) is 24.3 Å². The molecule has 0 aliphatic carbocycles. The summed E-state index contributed by atoms with van der Waals surface area (Å²) in [4.78, 5) is 35.0. The minimum Gasteiger partial charge on any atom is -0.465 e. The average molecular weight is 367 g/mol. The van der Waals surface area contributed by atoms with Crippen molar-refractivity contribution in [2.24, 2.45) is 5.10 Å². The molecule has 140 valence electrons. The number of hydrazone groups is 1. The Balaban J connectivity index is 1.88. The van der Waals surface area contributed by atoms with Gasteiger partial charge in [0.15, 0.2) is 0 Å². The van der Waals surface area contributed by atoms with Gasteiger partial charge in [0.1, 0.15) is 0 Å². The first kappa shape index (κ1) is 19.8. The van der Waals surface area contributed by atoms with Crippen molar-refractivity contribution >= 4 is 29.7 Å². The molecule has 0 aromatic heterocycles. The van der Waals surface area contributed by atoms with Crippen molar-refractivity contribution in [3.05, 3.63) is 65.2 Å². The van der Waals surface area contributed by atoms with Gasteiger partial charge in [0.2, 0.25) is 0 Å². The van der Waals surface area contributed by atoms with Crippen molar-refractivity contribution in [2.75, 3.05) is 12.4 Å². The average Bonchev–Trinajstić information content (AvgIpc) is 2.68. The number of ether oxygens (including phenoxy) is 1. The molecule has 0 spiro atoms. The van der Waals surface area contributed by atoms with Crippen LogP contribution in [-0.2, 0) is 14.3 Å². The third-order valence-electron chi connectivity index (χ3n) is 3.75. The molecule has 2 aromatic carbocycles. The predicted octanol–water partition coefficient (Wildman–Crippen LogP) is 2.69. The van der Waals surface area contributed by atoms with Gasteiger partial charge in [-0.25, -0.2) is 10.2 Å². The van der Waals surface area contributed by atoms with Crippen molar-refractivity contribution in [3.63, 3.8) is 0 Å². The number of nitrogens with zero attached hydrogens (tertiary/aromatic N) is 1. The Morgan fingerprint density at radius 2 is 1.59 bits per heavy atom. The molecule has 2 N–H and O–H groups in total. The minimum absolute atomic E-state index is 0.341. The highest BCUT2D eigenvalue weighted by Crippen LogP contribution is 2.14. The topological polar surface area (TPSA) is 96.9 Å². The van der Waals surface area contributed by atoms with Gasteiger partial charge in [-0.3, -0.25) is 9.59 Å². The Labute approximate surface area is 157 Å². The van der Waals surface area contributed by atoms with E-state index in [1.165, 1.54) is 43.2 Å². The summed E-state index contributed by atoms with van der Waals surface area (Å²) in [6.07, 6.45) is 1.46. The van der Waals surface area contributed by atoms with E-state index in [9.17, 15) is 14.4 Å². The Kier molecular flexibility index (Phi) is 6.82. The molecular formula is C20H21N3O4. The second-order valence-corrected chi connectivity index (χ2v) is 6.04. The predicted molar refractivity (Wildman–Crippen MR) is 103 cm³/mol. The van der Waals surface area contributed by atoms with Gasteiger partial charge in [-0.05, 0) is 41.3 Å². The van der Waals surface area contributed by atoms with Crippen LogP contribution in [0.3, 0.4) is 0 Å². The minimum atomic E-state index is -0.901. The van der Waals surface area contributed by atoms with Gasteiger partial charge in [0, 0.05) is 5.69 Å². The summed E-state index contributed by atoms with van der Waals surface area (Å²) >= 11 is 0. The zero-order valence-electron chi connectivity index (χ0n) is 15.4. The highest BCUT2D eigenvalue weighted by atomic mass is 16.5. The Bertz CT molecular complexity index is 841. The van der Waals surface area contributed by atoms with Gasteiger partial charge in [-0.2, -0.15) is 5.10 Å². The van der Waals surface area contributed by atoms with Crippen LogP contribution in [0.15, 0.2) is 53.6 Å². The highest BCUT2D eigenvalue weighted by Gasteiger charge is 2.13. The first-order chi connectivity index (χ1) is 12.9. The number of carbonyl (C=O) groups is 3. The molecule has 27 heavy (non-hydrogen) atoms. The lowest BCUT2D eigenvalue weighted by atomic mass is 10.0. The molecule has 0 fully saturated rings. The second kappa shape index (κ2) is 9.28. The summed E-state index contributed by atoms with van der Waals surface area (Å²) in [7, 11) is 1.28. The molecule has 2 rings (SSSR count). The van der Waals surface area contributed by atoms with Gasteiger partial charge in [-0.1, -0.05) is 38.1 Å². The summed E-state index contributed by atoms with van der Waals surface area (Å²) < 4.78 is 4.59. The van der Waals surface area contributed by atoms with Crippen LogP contribution in [0.25, 0.3) is 0 Å². The number of methoxy groups -OCH3 is 1. The fourth-order valence-electron chi connectivity index (χ4n) is 2.18. The van der Waals surface area contributed by atoms with E-state index in [4.69, 9.17) is 0 Å². The Morgan fingerprint density at radius 3 is 2.15 bits per heavy atom. The molecule has 0 saturated heterocycles. The van der Waals surface area contributed by atoms with Crippen LogP contribution < -0.4 is 10.7 Å². The number of hydrogen-bond acceptors (Lipinski definition) is 5. The molecule has 7 nitrogen and oxygen atoms in total. The number of carbonyl (C=O) groups excluding carboxylic acids is 3. The molecule has 2 amide bonds. The van der Waals surface area contributed by atoms with Gasteiger partial charge in [0.05, 0.1) is 18.9 Å². The van der Waals surface area contributed by atoms with Crippen LogP contribution in [0.2, 0.25) is 0 Å². The molecule has 0 unspecified atom stereocenters. The third-order valence-corrected chi connectivity index (χ3v) is 3.75. The van der Waals surface area contributed by atoms with Crippen molar-refractivity contribution in [2.45, 2.75) is 19.8 Å². The number of amides is 2. The molecule has 0 aliphatic heterocycles. The Hall–Kier alpha value is -3.48. The van der Waals surface area contributed by atoms with Crippen LogP contribution in [0.4, 0.5) is 5.69 Å². The van der Waals surface area contributed by atoms with E-state index in [2.05, 4.69) is 34.4 Å². The van der Waals surface area contributed by atoms with Crippen molar-refractivity contribution in [3.8, 4) is 0 Å². The van der Waals surface area contributed by atoms with Gasteiger partial charge in [-0.15, -0.1) is 0 Å². The van der Waals surface area contributed by atoms with E-state index in [-0.39, 0.29) is 0 Å². The first-order valence-corrected chi connectivity index (χ1v) is 8.33. The number of rotatable bonds is 5. The monoisotopic (exact) mass is 367 g/mol. The number of benzene rings is 2. The number of hydrogen-bond donors (Lipinski definition) is 2. The lowest BCUT2D eigenvalue weighted by Gasteiger charge is -2.05. The lowest BCUT2D eigenvalue weighted by molar-refractivity contribution is -0.136. The zero-order chi connectivity index (χ0) is 19.8. The number of anilines is 1. The quantitative estimate of drug-likeness (QED) is 0.367. The number of nitrogens with one attached hydrogen (secondary N) is 2. The van der Waals surface area contributed by atoms with Crippen LogP contribution in [0.5, 0.6) is 0 Å². The van der Waals surface area contributed by atoms with Gasteiger partial charge >= 0.3 is 17.8 Å². The van der Waals surface area contributed by atoms with Crippen LogP contribution in [0, 0.1) is 0 Å². The van der Waals surface area contributed by atoms with Gasteiger partial charge < -0.3 is 10.1 Å². The van der Waals surface area contributed by atoms with E-state index in [0.29, 0.717) is 17.2 Å². The molecule has 0 aliphatic rings.